The Morgan fingerprint density at radius 1 is 1.24 bits per heavy atom. The van der Waals surface area contributed by atoms with Gasteiger partial charge >= 0.3 is 5.97 Å². The van der Waals surface area contributed by atoms with E-state index in [9.17, 15) is 9.90 Å². The van der Waals surface area contributed by atoms with Gasteiger partial charge in [0.15, 0.2) is 5.11 Å². The fraction of sp³-hybridized carbons (Fsp3) is 0.774. The molecule has 4 N–H and O–H groups in total. The highest BCUT2D eigenvalue weighted by molar-refractivity contribution is 7.80. The number of nitrogens with one attached hydrogen (secondary N) is 1. The summed E-state index contributed by atoms with van der Waals surface area (Å²) in [5.74, 6) is 1.69. The number of fused-ring (bicyclic) bond motifs is 5. The maximum atomic E-state index is 11.2. The van der Waals surface area contributed by atoms with Crippen LogP contribution in [0, 0.1) is 45.3 Å². The van der Waals surface area contributed by atoms with Crippen LogP contribution in [0.15, 0.2) is 28.4 Å². The molecule has 0 aromatic rings. The molecule has 7 atom stereocenters. The molecular weight excluding hydrogens is 478 g/mol. The molecule has 206 valence electrons. The van der Waals surface area contributed by atoms with Crippen molar-refractivity contribution in [1.82, 2.24) is 5.43 Å². The third-order valence-electron chi connectivity index (χ3n) is 12.1. The minimum atomic E-state index is -0.800. The van der Waals surface area contributed by atoms with Crippen molar-refractivity contribution in [2.24, 2.45) is 56.2 Å². The molecule has 3 saturated carbocycles. The number of carboxylic acids is 1. The van der Waals surface area contributed by atoms with Crippen LogP contribution in [0.25, 0.3) is 0 Å². The van der Waals surface area contributed by atoms with Gasteiger partial charge < -0.3 is 10.8 Å². The number of carboxylic acid groups (broad SMARTS) is 1. The number of aliphatic carboxylic acids is 1. The Morgan fingerprint density at radius 2 is 1.95 bits per heavy atom. The highest BCUT2D eigenvalue weighted by atomic mass is 32.1. The van der Waals surface area contributed by atoms with Crippen LogP contribution in [0.1, 0.15) is 106 Å². The molecule has 3 fully saturated rings. The molecule has 0 spiro atoms. The monoisotopic (exact) mass is 527 g/mol. The van der Waals surface area contributed by atoms with Crippen molar-refractivity contribution >= 4 is 29.0 Å². The number of nitrogens with zero attached hydrogens (tertiary/aromatic N) is 1. The third-order valence-corrected chi connectivity index (χ3v) is 12.2. The summed E-state index contributed by atoms with van der Waals surface area (Å²) in [6, 6.07) is 0. The van der Waals surface area contributed by atoms with Gasteiger partial charge in [-0.2, -0.15) is 5.10 Å². The fourth-order valence-electron chi connectivity index (χ4n) is 9.65. The third kappa shape index (κ3) is 4.49. The maximum absolute atomic E-state index is 11.2. The van der Waals surface area contributed by atoms with E-state index in [4.69, 9.17) is 18.0 Å². The molecule has 37 heavy (non-hydrogen) atoms. The molecule has 5 nitrogen and oxygen atoms in total. The van der Waals surface area contributed by atoms with Crippen molar-refractivity contribution in [1.29, 1.82) is 0 Å². The molecule has 0 bridgehead atoms. The summed E-state index contributed by atoms with van der Waals surface area (Å²) in [5, 5.41) is 14.1. The minimum absolute atomic E-state index is 0.00277. The zero-order valence-electron chi connectivity index (χ0n) is 24.1. The second-order valence-electron chi connectivity index (χ2n) is 13.9. The van der Waals surface area contributed by atoms with E-state index < -0.39 is 5.97 Å². The molecule has 4 aliphatic carbocycles. The molecule has 0 aliphatic heterocycles. The lowest BCUT2D eigenvalue weighted by molar-refractivity contribution is -0.132. The number of nitrogens with two attached hydrogens (primary N) is 1. The smallest absolute Gasteiger partial charge is 0.330 e. The second-order valence-corrected chi connectivity index (χ2v) is 14.4. The standard InChI is InChI=1S/C31H49N3O2S/c1-19(9-8-10-20(2)26(35)36)21-13-17-31(7)23-11-12-24-28(3,4)25(33-34-27(32)37)15-16-29(24,5)22(23)14-18-30(21,31)6/h10-11,19,21-22,24H,8-9,12-18H2,1-7H3,(H,35,36)(H3,32,34,37)/b20-10-,33-25+/t19-,21+,22+,24-,29+,30-,31+/m0/s1. The average Bonchev–Trinajstić information content (AvgIpc) is 3.09. The van der Waals surface area contributed by atoms with Crippen LogP contribution in [0.5, 0.6) is 0 Å². The van der Waals surface area contributed by atoms with Gasteiger partial charge in [0.1, 0.15) is 0 Å². The van der Waals surface area contributed by atoms with Gasteiger partial charge in [0.2, 0.25) is 0 Å². The number of hydrogen-bond acceptors (Lipinski definition) is 3. The highest BCUT2D eigenvalue weighted by Gasteiger charge is 2.65. The zero-order chi connectivity index (χ0) is 27.4. The molecule has 4 aliphatic rings. The van der Waals surface area contributed by atoms with Crippen LogP contribution >= 0.6 is 12.2 Å². The first kappa shape index (κ1) is 28.3. The summed E-state index contributed by atoms with van der Waals surface area (Å²) in [6.07, 6.45) is 14.9. The van der Waals surface area contributed by atoms with Gasteiger partial charge in [-0.1, -0.05) is 59.3 Å². The summed E-state index contributed by atoms with van der Waals surface area (Å²) >= 11 is 5.01. The zero-order valence-corrected chi connectivity index (χ0v) is 24.9. The second kappa shape index (κ2) is 9.81. The van der Waals surface area contributed by atoms with Gasteiger partial charge in [0.05, 0.1) is 0 Å². The Balaban J connectivity index is 1.58. The first-order valence-corrected chi connectivity index (χ1v) is 14.8. The van der Waals surface area contributed by atoms with Gasteiger partial charge in [-0.15, -0.1) is 0 Å². The molecule has 6 heteroatoms. The largest absolute Gasteiger partial charge is 0.478 e. The van der Waals surface area contributed by atoms with E-state index in [1.54, 1.807) is 12.5 Å². The number of hydrazone groups is 1. The van der Waals surface area contributed by atoms with Crippen LogP contribution in [-0.4, -0.2) is 21.9 Å². The van der Waals surface area contributed by atoms with E-state index in [-0.39, 0.29) is 21.4 Å². The number of rotatable bonds is 6. The van der Waals surface area contributed by atoms with Gasteiger partial charge in [0.25, 0.3) is 0 Å². The van der Waals surface area contributed by atoms with Crippen molar-refractivity contribution in [3.05, 3.63) is 23.3 Å². The SMILES string of the molecule is C/C(=C/CC[C@H](C)[C@H]1CC[C@]2(C)C3=CC[C@H]4C(C)(C)/C(=N/NC(N)=S)CC[C@]4(C)[C@@H]3CC[C@@]12C)C(=O)O. The molecule has 0 saturated heterocycles. The van der Waals surface area contributed by atoms with Crippen LogP contribution in [0.3, 0.4) is 0 Å². The molecule has 0 unspecified atom stereocenters. The predicted octanol–water partition coefficient (Wildman–Crippen LogP) is 7.23. The summed E-state index contributed by atoms with van der Waals surface area (Å²) in [5.41, 5.74) is 12.8. The van der Waals surface area contributed by atoms with E-state index in [1.807, 2.05) is 6.08 Å². The number of thiocarbonyl (C=S) groups is 1. The maximum Gasteiger partial charge on any atom is 0.330 e. The fourth-order valence-corrected chi connectivity index (χ4v) is 9.70. The molecule has 4 rings (SSSR count). The quantitative estimate of drug-likeness (QED) is 0.147. The lowest BCUT2D eigenvalue weighted by Crippen LogP contribution is -2.57. The first-order valence-electron chi connectivity index (χ1n) is 14.4. The Hall–Kier alpha value is -1.69. The van der Waals surface area contributed by atoms with Crippen LogP contribution in [-0.2, 0) is 4.79 Å². The Morgan fingerprint density at radius 3 is 2.59 bits per heavy atom. The van der Waals surface area contributed by atoms with E-state index in [0.717, 1.165) is 25.7 Å². The van der Waals surface area contributed by atoms with Gasteiger partial charge in [-0.25, -0.2) is 4.79 Å². The number of hydrogen-bond donors (Lipinski definition) is 3. The molecule has 0 heterocycles. The van der Waals surface area contributed by atoms with E-state index in [2.05, 4.69) is 58.1 Å². The summed E-state index contributed by atoms with van der Waals surface area (Å²) in [7, 11) is 0. The van der Waals surface area contributed by atoms with Gasteiger partial charge in [-0.05, 0) is 117 Å². The minimum Gasteiger partial charge on any atom is -0.478 e. The first-order chi connectivity index (χ1) is 17.2. The lowest BCUT2D eigenvalue weighted by atomic mass is 9.41. The summed E-state index contributed by atoms with van der Waals surface area (Å²) in [6.45, 7) is 16.6. The molecule has 0 aromatic carbocycles. The molecular formula is C31H49N3O2S. The van der Waals surface area contributed by atoms with Gasteiger partial charge in [0, 0.05) is 16.7 Å². The van der Waals surface area contributed by atoms with Crippen molar-refractivity contribution < 1.29 is 9.90 Å². The van der Waals surface area contributed by atoms with Crippen LogP contribution in [0.4, 0.5) is 0 Å². The lowest BCUT2D eigenvalue weighted by Gasteiger charge is -2.63. The molecule has 0 aromatic heterocycles. The van der Waals surface area contributed by atoms with E-state index >= 15 is 0 Å². The summed E-state index contributed by atoms with van der Waals surface area (Å²) < 4.78 is 0. The van der Waals surface area contributed by atoms with Crippen molar-refractivity contribution in [2.75, 3.05) is 0 Å². The Bertz CT molecular complexity index is 1050. The Kier molecular flexibility index (Phi) is 7.51. The predicted molar refractivity (Wildman–Crippen MR) is 156 cm³/mol. The van der Waals surface area contributed by atoms with Crippen LogP contribution in [0.2, 0.25) is 0 Å². The Labute approximate surface area is 229 Å². The topological polar surface area (TPSA) is 87.7 Å². The van der Waals surface area contributed by atoms with Crippen molar-refractivity contribution in [3.8, 4) is 0 Å². The normalized spacial score (nSPS) is 40.7. The average molecular weight is 528 g/mol. The molecule has 0 amide bonds. The van der Waals surface area contributed by atoms with E-state index in [0.29, 0.717) is 34.7 Å². The molecule has 0 radical (unpaired) electrons. The number of carbonyl (C=O) groups is 1. The summed E-state index contributed by atoms with van der Waals surface area (Å²) in [4.78, 5) is 11.2. The van der Waals surface area contributed by atoms with Crippen LogP contribution < -0.4 is 11.2 Å². The van der Waals surface area contributed by atoms with Gasteiger partial charge in [-0.3, -0.25) is 5.43 Å². The van der Waals surface area contributed by atoms with Crippen molar-refractivity contribution in [3.63, 3.8) is 0 Å². The van der Waals surface area contributed by atoms with Crippen molar-refractivity contribution in [2.45, 2.75) is 106 Å². The van der Waals surface area contributed by atoms with E-state index in [1.165, 1.54) is 37.8 Å². The highest BCUT2D eigenvalue weighted by Crippen LogP contribution is 2.73. The number of allylic oxidation sites excluding steroid dienone is 3.